The molecule has 334 valence electrons. The molecule has 0 aromatic carbocycles. The van der Waals surface area contributed by atoms with Crippen LogP contribution in [0.25, 0.3) is 0 Å². The van der Waals surface area contributed by atoms with Crippen molar-refractivity contribution in [1.82, 2.24) is 0 Å². The van der Waals surface area contributed by atoms with Gasteiger partial charge < -0.3 is 20.4 Å². The van der Waals surface area contributed by atoms with Crippen LogP contribution in [0.15, 0.2) is 11.6 Å². The topological polar surface area (TPSA) is 149 Å². The minimum atomic E-state index is -1.38. The summed E-state index contributed by atoms with van der Waals surface area (Å²) in [6, 6.07) is 0. The van der Waals surface area contributed by atoms with Gasteiger partial charge in [-0.15, -0.1) is 0 Å². The van der Waals surface area contributed by atoms with Gasteiger partial charge in [-0.05, 0) is 111 Å². The monoisotopic (exact) mass is 799 g/mol. The molecule has 0 bridgehead atoms. The molecule has 0 heterocycles. The van der Waals surface area contributed by atoms with Crippen LogP contribution in [0.4, 0.5) is 0 Å². The lowest BCUT2D eigenvalue weighted by atomic mass is 9.76. The van der Waals surface area contributed by atoms with E-state index < -0.39 is 34.9 Å². The second kappa shape index (κ2) is 30.7. The first kappa shape index (κ1) is 60.3. The molecule has 56 heavy (non-hydrogen) atoms. The summed E-state index contributed by atoms with van der Waals surface area (Å²) < 4.78 is 0. The van der Waals surface area contributed by atoms with Crippen LogP contribution in [0, 0.1) is 57.7 Å². The van der Waals surface area contributed by atoms with Crippen LogP contribution < -0.4 is 0 Å². The lowest BCUT2D eigenvalue weighted by Gasteiger charge is -2.28. The fourth-order valence-electron chi connectivity index (χ4n) is 7.19. The average molecular weight is 799 g/mol. The van der Waals surface area contributed by atoms with E-state index in [1.165, 1.54) is 38.2 Å². The zero-order chi connectivity index (χ0) is 43.7. The standard InChI is InChI=1S/C19H38O2.C16H32O2.C12H20O4.CH4/c1-15(2)10-8-9-12-19(7,17(20)21)13-11-16(3)14-18(4,5)6;1-6-12(2)7-8-13(3)11-14(4)9-10-15(5)16(17)18;1-8(7-12(2,3)4)5-6-9(10(13)14)11(15)16;/h15-16H,8-14H2,1-7H3,(H,20,21);12-15H,6-11H2,1-5H3,(H,17,18);6,8H,5,7H2,1-4H3,(H,13,14)(H,15,16);1H4. The highest BCUT2D eigenvalue weighted by molar-refractivity contribution is 6.12. The Morgan fingerprint density at radius 1 is 0.554 bits per heavy atom. The Hall–Kier alpha value is -2.38. The Balaban J connectivity index is -0.000000362. The van der Waals surface area contributed by atoms with Crippen molar-refractivity contribution < 1.29 is 39.6 Å². The zero-order valence-electron chi connectivity index (χ0n) is 38.6. The lowest BCUT2D eigenvalue weighted by molar-refractivity contribution is -0.149. The van der Waals surface area contributed by atoms with E-state index in [9.17, 15) is 24.3 Å². The van der Waals surface area contributed by atoms with Crippen molar-refractivity contribution in [1.29, 1.82) is 0 Å². The minimum absolute atomic E-state index is 0. The molecule has 0 aromatic heterocycles. The van der Waals surface area contributed by atoms with E-state index in [1.807, 2.05) is 13.8 Å². The number of carbonyl (C=O) groups is 4. The first-order valence-corrected chi connectivity index (χ1v) is 21.6. The third-order valence-electron chi connectivity index (χ3n) is 10.7. The maximum Gasteiger partial charge on any atom is 0.342 e. The first-order valence-electron chi connectivity index (χ1n) is 21.6. The van der Waals surface area contributed by atoms with Crippen LogP contribution in [0.3, 0.4) is 0 Å². The van der Waals surface area contributed by atoms with Crippen molar-refractivity contribution >= 4 is 23.9 Å². The molecule has 0 saturated carbocycles. The van der Waals surface area contributed by atoms with Crippen molar-refractivity contribution in [2.24, 2.45) is 57.7 Å². The van der Waals surface area contributed by atoms with Gasteiger partial charge in [-0.1, -0.05) is 156 Å². The maximum atomic E-state index is 11.6. The van der Waals surface area contributed by atoms with E-state index in [1.54, 1.807) is 6.92 Å². The summed E-state index contributed by atoms with van der Waals surface area (Å²) in [6.07, 6.45) is 16.9. The minimum Gasteiger partial charge on any atom is -0.481 e. The number of rotatable bonds is 25. The zero-order valence-corrected chi connectivity index (χ0v) is 38.6. The Morgan fingerprint density at radius 3 is 1.39 bits per heavy atom. The SMILES string of the molecule is C.CC(C)CCCCC(C)(CCC(C)CC(C)(C)C)C(=O)O.CC(CC=C(C(=O)O)C(=O)O)CC(C)(C)C.CCC(C)CCC(C)CC(C)CCC(C)C(=O)O. The Morgan fingerprint density at radius 2 is 1.00 bits per heavy atom. The summed E-state index contributed by atoms with van der Waals surface area (Å²) in [5.41, 5.74) is -0.583. The highest BCUT2D eigenvalue weighted by Crippen LogP contribution is 2.35. The normalized spacial score (nSPS) is 15.8. The number of carboxylic acid groups (broad SMARTS) is 4. The Bertz CT molecular complexity index is 1080. The van der Waals surface area contributed by atoms with Crippen LogP contribution in [-0.2, 0) is 19.2 Å². The molecule has 0 amide bonds. The Kier molecular flexibility index (Phi) is 33.0. The number of allylic oxidation sites excluding steroid dienone is 1. The Labute approximate surface area is 346 Å². The second-order valence-electron chi connectivity index (χ2n) is 20.6. The van der Waals surface area contributed by atoms with Crippen LogP contribution >= 0.6 is 0 Å². The van der Waals surface area contributed by atoms with Crippen molar-refractivity contribution in [2.45, 2.75) is 215 Å². The average Bonchev–Trinajstić information content (AvgIpc) is 3.02. The highest BCUT2D eigenvalue weighted by Gasteiger charge is 2.33. The third kappa shape index (κ3) is 36.0. The molecular formula is C48H94O8. The van der Waals surface area contributed by atoms with Crippen molar-refractivity contribution in [3.8, 4) is 0 Å². The third-order valence-corrected chi connectivity index (χ3v) is 10.7. The van der Waals surface area contributed by atoms with Gasteiger partial charge in [0.15, 0.2) is 0 Å². The van der Waals surface area contributed by atoms with Gasteiger partial charge in [-0.2, -0.15) is 0 Å². The number of carboxylic acids is 4. The molecule has 8 heteroatoms. The van der Waals surface area contributed by atoms with Gasteiger partial charge in [0.1, 0.15) is 5.57 Å². The van der Waals surface area contributed by atoms with Crippen LogP contribution in [-0.4, -0.2) is 44.3 Å². The summed E-state index contributed by atoms with van der Waals surface area (Å²) >= 11 is 0. The van der Waals surface area contributed by atoms with Gasteiger partial charge in [0.05, 0.1) is 11.3 Å². The lowest BCUT2D eigenvalue weighted by Crippen LogP contribution is -2.28. The van der Waals surface area contributed by atoms with Gasteiger partial charge in [0.25, 0.3) is 0 Å². The molecule has 0 aliphatic carbocycles. The van der Waals surface area contributed by atoms with E-state index >= 15 is 0 Å². The van der Waals surface area contributed by atoms with E-state index in [0.29, 0.717) is 29.6 Å². The quantitative estimate of drug-likeness (QED) is 0.0309. The van der Waals surface area contributed by atoms with Gasteiger partial charge in [-0.25, -0.2) is 9.59 Å². The molecule has 8 nitrogen and oxygen atoms in total. The van der Waals surface area contributed by atoms with Gasteiger partial charge in [0, 0.05) is 0 Å². The number of aliphatic carboxylic acids is 4. The van der Waals surface area contributed by atoms with Crippen LogP contribution in [0.5, 0.6) is 0 Å². The van der Waals surface area contributed by atoms with Crippen LogP contribution in [0.1, 0.15) is 215 Å². The molecule has 4 N–H and O–H groups in total. The molecule has 0 spiro atoms. The van der Waals surface area contributed by atoms with Gasteiger partial charge >= 0.3 is 23.9 Å². The molecule has 0 radical (unpaired) electrons. The predicted molar refractivity (Wildman–Crippen MR) is 237 cm³/mol. The van der Waals surface area contributed by atoms with Crippen molar-refractivity contribution in [3.63, 3.8) is 0 Å². The fourth-order valence-corrected chi connectivity index (χ4v) is 7.19. The molecule has 0 saturated heterocycles. The van der Waals surface area contributed by atoms with E-state index in [-0.39, 0.29) is 24.7 Å². The fraction of sp³-hybridized carbons (Fsp3) is 0.875. The second-order valence-corrected chi connectivity index (χ2v) is 20.6. The van der Waals surface area contributed by atoms with E-state index in [4.69, 9.17) is 15.3 Å². The van der Waals surface area contributed by atoms with E-state index in [0.717, 1.165) is 69.6 Å². The molecule has 7 atom stereocenters. The smallest absolute Gasteiger partial charge is 0.342 e. The van der Waals surface area contributed by atoms with Crippen molar-refractivity contribution in [3.05, 3.63) is 11.6 Å². The maximum absolute atomic E-state index is 11.6. The summed E-state index contributed by atoms with van der Waals surface area (Å²) in [4.78, 5) is 43.6. The molecule has 0 aromatic rings. The molecule has 0 aliphatic heterocycles. The number of unbranched alkanes of at least 4 members (excludes halogenated alkanes) is 1. The molecule has 0 rings (SSSR count). The first-order chi connectivity index (χ1) is 25.0. The summed E-state index contributed by atoms with van der Waals surface area (Å²) in [6.45, 7) is 34.7. The van der Waals surface area contributed by atoms with Crippen molar-refractivity contribution in [2.75, 3.05) is 0 Å². The largest absolute Gasteiger partial charge is 0.481 e. The van der Waals surface area contributed by atoms with Gasteiger partial charge in [0.2, 0.25) is 0 Å². The summed E-state index contributed by atoms with van der Waals surface area (Å²) in [7, 11) is 0. The number of hydrogen-bond donors (Lipinski definition) is 4. The molecule has 0 fully saturated rings. The molecule has 0 aliphatic rings. The predicted octanol–water partition coefficient (Wildman–Crippen LogP) is 14.3. The summed E-state index contributed by atoms with van der Waals surface area (Å²) in [5, 5.41) is 35.7. The molecular weight excluding hydrogens is 705 g/mol. The van der Waals surface area contributed by atoms with E-state index in [2.05, 4.69) is 90.0 Å². The van der Waals surface area contributed by atoms with Gasteiger partial charge in [-0.3, -0.25) is 9.59 Å². The molecule has 7 unspecified atom stereocenters. The van der Waals surface area contributed by atoms with Crippen LogP contribution in [0.2, 0.25) is 0 Å². The summed E-state index contributed by atoms with van der Waals surface area (Å²) in [5.74, 6) is -0.376. The highest BCUT2D eigenvalue weighted by atomic mass is 16.4. The number of hydrogen-bond acceptors (Lipinski definition) is 4.